The highest BCUT2D eigenvalue weighted by molar-refractivity contribution is 6.01. The summed E-state index contributed by atoms with van der Waals surface area (Å²) < 4.78 is 11.3. The maximum atomic E-state index is 12.3. The summed E-state index contributed by atoms with van der Waals surface area (Å²) in [6.07, 6.45) is 2.12. The van der Waals surface area contributed by atoms with Gasteiger partial charge in [-0.3, -0.25) is 10.6 Å². The molecule has 4 rings (SSSR count). The van der Waals surface area contributed by atoms with Crippen LogP contribution in [-0.4, -0.2) is 24.4 Å². The van der Waals surface area contributed by atoms with Crippen molar-refractivity contribution in [3.8, 4) is 0 Å². The van der Waals surface area contributed by atoms with Crippen LogP contribution in [0.25, 0.3) is 21.5 Å². The topological polar surface area (TPSA) is 76.7 Å². The Morgan fingerprint density at radius 1 is 0.587 bits per heavy atom. The molecular weight excluding hydrogens is 572 g/mol. The lowest BCUT2D eigenvalue weighted by molar-refractivity contribution is 0.0956. The Labute approximate surface area is 274 Å². The van der Waals surface area contributed by atoms with E-state index in [2.05, 4.69) is 51.5 Å². The van der Waals surface area contributed by atoms with Gasteiger partial charge < -0.3 is 9.47 Å². The Hall–Kier alpha value is -4.58. The predicted molar refractivity (Wildman–Crippen MR) is 193 cm³/mol. The van der Waals surface area contributed by atoms with Crippen LogP contribution in [0.2, 0.25) is 0 Å². The molecule has 4 atom stereocenters. The van der Waals surface area contributed by atoms with E-state index in [9.17, 15) is 9.59 Å². The third-order valence-electron chi connectivity index (χ3n) is 8.56. The molecule has 0 saturated heterocycles. The Morgan fingerprint density at radius 3 is 1.28 bits per heavy atom. The largest absolute Gasteiger partial charge is 0.441 e. The third kappa shape index (κ3) is 9.71. The fourth-order valence-corrected chi connectivity index (χ4v) is 5.21. The molecule has 6 nitrogen and oxygen atoms in total. The molecule has 0 radical (unpaired) electrons. The zero-order valence-corrected chi connectivity index (χ0v) is 28.3. The highest BCUT2D eigenvalue weighted by Gasteiger charge is 2.24. The van der Waals surface area contributed by atoms with Gasteiger partial charge in [0.15, 0.2) is 0 Å². The van der Waals surface area contributed by atoms with Gasteiger partial charge in [-0.15, -0.1) is 0 Å². The van der Waals surface area contributed by atoms with Crippen molar-refractivity contribution in [3.05, 3.63) is 109 Å². The molecule has 2 amide bonds. The number of amides is 2. The first-order valence-corrected chi connectivity index (χ1v) is 16.4. The van der Waals surface area contributed by atoms with Crippen molar-refractivity contribution in [2.75, 3.05) is 10.6 Å². The van der Waals surface area contributed by atoms with Gasteiger partial charge in [0.25, 0.3) is 0 Å². The molecule has 0 aliphatic carbocycles. The van der Waals surface area contributed by atoms with E-state index >= 15 is 0 Å². The fourth-order valence-electron chi connectivity index (χ4n) is 5.21. The van der Waals surface area contributed by atoms with E-state index in [4.69, 9.17) is 9.47 Å². The van der Waals surface area contributed by atoms with Crippen LogP contribution in [0.1, 0.15) is 67.2 Å². The Bertz CT molecular complexity index is 1500. The summed E-state index contributed by atoms with van der Waals surface area (Å²) in [5.41, 5.74) is 3.43. The van der Waals surface area contributed by atoms with Crippen LogP contribution in [0.3, 0.4) is 0 Å². The van der Waals surface area contributed by atoms with Gasteiger partial charge in [0.2, 0.25) is 0 Å². The van der Waals surface area contributed by atoms with Gasteiger partial charge >= 0.3 is 12.2 Å². The van der Waals surface area contributed by atoms with Crippen molar-refractivity contribution in [1.29, 1.82) is 0 Å². The first-order valence-electron chi connectivity index (χ1n) is 16.4. The van der Waals surface area contributed by atoms with Gasteiger partial charge in [0, 0.05) is 10.8 Å². The van der Waals surface area contributed by atoms with Crippen molar-refractivity contribution in [3.63, 3.8) is 0 Å². The average molecular weight is 623 g/mol. The minimum atomic E-state index is -0.429. The Morgan fingerprint density at radius 2 is 0.935 bits per heavy atom. The zero-order valence-electron chi connectivity index (χ0n) is 28.3. The molecule has 0 aromatic heterocycles. The lowest BCUT2D eigenvalue weighted by Crippen LogP contribution is -2.29. The van der Waals surface area contributed by atoms with E-state index < -0.39 is 12.2 Å². The van der Waals surface area contributed by atoms with Gasteiger partial charge in [-0.25, -0.2) is 9.59 Å². The second kappa shape index (κ2) is 17.8. The lowest BCUT2D eigenvalue weighted by atomic mass is 9.94. The standard InChI is InChI=1S/2C20H25NO2/c2*1-5-14(3)19(15(4)6-2)23-20(22)21-18-13-9-11-16-10-7-8-12-17(16)18/h2*7-13,15,19H,3,5-6H2,1-2,4H3,(H,21,22)/t2*15-,19-/m11/s1. The van der Waals surface area contributed by atoms with Crippen molar-refractivity contribution in [1.82, 2.24) is 0 Å². The summed E-state index contributed by atoms with van der Waals surface area (Å²) in [7, 11) is 0. The van der Waals surface area contributed by atoms with E-state index in [-0.39, 0.29) is 24.0 Å². The summed E-state index contributed by atoms with van der Waals surface area (Å²) in [6, 6.07) is 27.6. The molecular formula is C40H50N2O4. The van der Waals surface area contributed by atoms with Crippen molar-refractivity contribution in [2.45, 2.75) is 79.4 Å². The zero-order chi connectivity index (χ0) is 33.6. The number of fused-ring (bicyclic) bond motifs is 2. The van der Waals surface area contributed by atoms with Crippen LogP contribution in [0.4, 0.5) is 21.0 Å². The van der Waals surface area contributed by atoms with E-state index in [1.54, 1.807) is 0 Å². The van der Waals surface area contributed by atoms with Gasteiger partial charge in [-0.05, 0) is 71.6 Å². The van der Waals surface area contributed by atoms with Gasteiger partial charge in [0.05, 0.1) is 11.4 Å². The fraction of sp³-hybridized carbons (Fsp3) is 0.350. The molecule has 0 fully saturated rings. The predicted octanol–water partition coefficient (Wildman–Crippen LogP) is 11.5. The lowest BCUT2D eigenvalue weighted by Gasteiger charge is -2.25. The first kappa shape index (κ1) is 35.9. The van der Waals surface area contributed by atoms with E-state index in [0.717, 1.165) is 69.7 Å². The summed E-state index contributed by atoms with van der Waals surface area (Å²) >= 11 is 0. The van der Waals surface area contributed by atoms with E-state index in [1.807, 2.05) is 98.8 Å². The van der Waals surface area contributed by atoms with Gasteiger partial charge in [-0.1, -0.05) is 127 Å². The van der Waals surface area contributed by atoms with Crippen molar-refractivity contribution >= 4 is 45.1 Å². The van der Waals surface area contributed by atoms with E-state index in [1.165, 1.54) is 0 Å². The quantitative estimate of drug-likeness (QED) is 0.154. The second-order valence-corrected chi connectivity index (χ2v) is 11.7. The number of hydrogen-bond donors (Lipinski definition) is 2. The van der Waals surface area contributed by atoms with Gasteiger partial charge in [-0.2, -0.15) is 0 Å². The summed E-state index contributed by atoms with van der Waals surface area (Å²) in [5.74, 6) is 0.501. The molecule has 2 N–H and O–H groups in total. The smallest absolute Gasteiger partial charge is 0.412 e. The molecule has 4 aromatic carbocycles. The second-order valence-electron chi connectivity index (χ2n) is 11.7. The number of ether oxygens (including phenoxy) is 2. The normalized spacial score (nSPS) is 13.3. The molecule has 6 heteroatoms. The van der Waals surface area contributed by atoms with Crippen LogP contribution in [0, 0.1) is 11.8 Å². The summed E-state index contributed by atoms with van der Waals surface area (Å²) in [5, 5.41) is 9.91. The van der Waals surface area contributed by atoms with Crippen LogP contribution < -0.4 is 10.6 Å². The molecule has 0 spiro atoms. The maximum Gasteiger partial charge on any atom is 0.412 e. The van der Waals surface area contributed by atoms with Crippen LogP contribution >= 0.6 is 0 Å². The number of carbonyl (C=O) groups is 2. The third-order valence-corrected chi connectivity index (χ3v) is 8.56. The number of hydrogen-bond acceptors (Lipinski definition) is 4. The maximum absolute atomic E-state index is 12.3. The molecule has 0 bridgehead atoms. The first-order chi connectivity index (χ1) is 22.1. The molecule has 0 saturated carbocycles. The van der Waals surface area contributed by atoms with Crippen LogP contribution in [-0.2, 0) is 9.47 Å². The van der Waals surface area contributed by atoms with Crippen LogP contribution in [0.15, 0.2) is 109 Å². The van der Waals surface area contributed by atoms with Crippen molar-refractivity contribution < 1.29 is 19.1 Å². The minimum Gasteiger partial charge on any atom is -0.441 e. The summed E-state index contributed by atoms with van der Waals surface area (Å²) in [6.45, 7) is 20.5. The molecule has 4 aromatic rings. The van der Waals surface area contributed by atoms with E-state index in [0.29, 0.717) is 0 Å². The molecule has 0 heterocycles. The van der Waals surface area contributed by atoms with Crippen molar-refractivity contribution in [2.24, 2.45) is 11.8 Å². The molecule has 0 aliphatic heterocycles. The monoisotopic (exact) mass is 622 g/mol. The Balaban J connectivity index is 0.000000250. The van der Waals surface area contributed by atoms with Gasteiger partial charge in [0.1, 0.15) is 12.2 Å². The SMILES string of the molecule is C=C(CC)[C@@H](OC(=O)Nc1cccc2ccccc12)[C@H](C)CC.C=C(CC)[C@@H](OC(=O)Nc1cccc2ccccc12)[C@H](C)CC. The summed E-state index contributed by atoms with van der Waals surface area (Å²) in [4.78, 5) is 24.7. The molecule has 0 aliphatic rings. The molecule has 244 valence electrons. The molecule has 46 heavy (non-hydrogen) atoms. The molecule has 0 unspecified atom stereocenters. The number of rotatable bonds is 12. The Kier molecular flexibility index (Phi) is 13.9. The highest BCUT2D eigenvalue weighted by atomic mass is 16.6. The number of benzene rings is 4. The minimum absolute atomic E-state index is 0.250. The highest BCUT2D eigenvalue weighted by Crippen LogP contribution is 2.27. The number of anilines is 2. The number of nitrogens with one attached hydrogen (secondary N) is 2. The number of carbonyl (C=O) groups excluding carboxylic acids is 2. The average Bonchev–Trinajstić information content (AvgIpc) is 3.08. The van der Waals surface area contributed by atoms with Crippen LogP contribution in [0.5, 0.6) is 0 Å².